The SMILES string of the molecule is CSc1cccc(N2C(=O)N(CC(=O)NCc3ccc(C)cc3)c3ccccc3S2(=O)=O)c1. The molecule has 4 rings (SSSR count). The van der Waals surface area contributed by atoms with Crippen molar-refractivity contribution in [3.63, 3.8) is 0 Å². The highest BCUT2D eigenvalue weighted by Crippen LogP contribution is 2.37. The second-order valence-electron chi connectivity index (χ2n) is 7.57. The number of fused-ring (bicyclic) bond motifs is 1. The Morgan fingerprint density at radius 2 is 1.73 bits per heavy atom. The maximum Gasteiger partial charge on any atom is 0.343 e. The number of benzene rings is 3. The fourth-order valence-electron chi connectivity index (χ4n) is 3.56. The molecule has 0 saturated heterocycles. The first-order chi connectivity index (χ1) is 15.8. The normalized spacial score (nSPS) is 14.7. The number of amides is 3. The Kier molecular flexibility index (Phi) is 6.44. The Morgan fingerprint density at radius 3 is 2.45 bits per heavy atom. The third-order valence-electron chi connectivity index (χ3n) is 5.28. The third kappa shape index (κ3) is 4.60. The van der Waals surface area contributed by atoms with E-state index in [9.17, 15) is 18.0 Å². The van der Waals surface area contributed by atoms with Crippen LogP contribution in [0.15, 0.2) is 82.6 Å². The number of urea groups is 1. The molecular formula is C24H23N3O4S2. The van der Waals surface area contributed by atoms with E-state index in [1.165, 1.54) is 28.8 Å². The van der Waals surface area contributed by atoms with E-state index >= 15 is 0 Å². The molecule has 0 radical (unpaired) electrons. The summed E-state index contributed by atoms with van der Waals surface area (Å²) in [5.74, 6) is -0.393. The van der Waals surface area contributed by atoms with Crippen molar-refractivity contribution in [1.82, 2.24) is 5.32 Å². The lowest BCUT2D eigenvalue weighted by atomic mass is 10.1. The first kappa shape index (κ1) is 22.9. The van der Waals surface area contributed by atoms with Gasteiger partial charge in [0.1, 0.15) is 11.4 Å². The Hall–Kier alpha value is -3.30. The molecular weight excluding hydrogens is 458 g/mol. The van der Waals surface area contributed by atoms with Crippen molar-refractivity contribution in [3.05, 3.63) is 83.9 Å². The van der Waals surface area contributed by atoms with Crippen LogP contribution in [0.1, 0.15) is 11.1 Å². The van der Waals surface area contributed by atoms with E-state index in [1.807, 2.05) is 43.5 Å². The molecule has 1 heterocycles. The van der Waals surface area contributed by atoms with Gasteiger partial charge in [-0.1, -0.05) is 48.0 Å². The second kappa shape index (κ2) is 9.29. The van der Waals surface area contributed by atoms with Crippen molar-refractivity contribution in [2.24, 2.45) is 0 Å². The number of rotatable bonds is 6. The number of hydrogen-bond acceptors (Lipinski definition) is 5. The van der Waals surface area contributed by atoms with E-state index in [4.69, 9.17) is 0 Å². The molecule has 0 unspecified atom stereocenters. The number of nitrogens with one attached hydrogen (secondary N) is 1. The lowest BCUT2D eigenvalue weighted by molar-refractivity contribution is -0.119. The lowest BCUT2D eigenvalue weighted by Crippen LogP contribution is -2.53. The summed E-state index contributed by atoms with van der Waals surface area (Å²) in [6.07, 6.45) is 1.87. The van der Waals surface area contributed by atoms with Crippen LogP contribution in [0.4, 0.5) is 16.2 Å². The number of thioether (sulfide) groups is 1. The summed E-state index contributed by atoms with van der Waals surface area (Å²) in [6, 6.07) is 19.9. The summed E-state index contributed by atoms with van der Waals surface area (Å²) in [7, 11) is -4.14. The summed E-state index contributed by atoms with van der Waals surface area (Å²) in [6.45, 7) is 1.98. The van der Waals surface area contributed by atoms with Crippen molar-refractivity contribution >= 4 is 45.1 Å². The maximum absolute atomic E-state index is 13.4. The standard InChI is InChI=1S/C24H23N3O4S2/c1-17-10-12-18(13-11-17)15-25-23(28)16-26-21-8-3-4-9-22(21)33(30,31)27(24(26)29)19-6-5-7-20(14-19)32-2/h3-14H,15-16H2,1-2H3,(H,25,28). The van der Waals surface area contributed by atoms with Crippen LogP contribution in [0, 0.1) is 6.92 Å². The topological polar surface area (TPSA) is 86.8 Å². The van der Waals surface area contributed by atoms with E-state index in [1.54, 1.807) is 30.3 Å². The average Bonchev–Trinajstić information content (AvgIpc) is 2.81. The second-order valence-corrected chi connectivity index (χ2v) is 10.2. The zero-order valence-corrected chi connectivity index (χ0v) is 19.8. The van der Waals surface area contributed by atoms with Crippen LogP contribution in [-0.4, -0.2) is 33.2 Å². The number of hydrogen-bond donors (Lipinski definition) is 1. The molecule has 9 heteroatoms. The number of carbonyl (C=O) groups is 2. The Labute approximate surface area is 197 Å². The minimum atomic E-state index is -4.14. The summed E-state index contributed by atoms with van der Waals surface area (Å²) in [5.41, 5.74) is 2.46. The van der Waals surface area contributed by atoms with Gasteiger partial charge in [0.2, 0.25) is 5.91 Å². The molecule has 0 spiro atoms. The van der Waals surface area contributed by atoms with Crippen molar-refractivity contribution < 1.29 is 18.0 Å². The molecule has 3 aromatic rings. The predicted molar refractivity (Wildman–Crippen MR) is 130 cm³/mol. The molecule has 7 nitrogen and oxygen atoms in total. The van der Waals surface area contributed by atoms with Crippen LogP contribution >= 0.6 is 11.8 Å². The highest BCUT2D eigenvalue weighted by molar-refractivity contribution is 7.98. The summed E-state index contributed by atoms with van der Waals surface area (Å²) in [5, 5.41) is 2.81. The van der Waals surface area contributed by atoms with Crippen molar-refractivity contribution in [2.75, 3.05) is 22.0 Å². The number of anilines is 2. The number of sulfonamides is 1. The number of aryl methyl sites for hydroxylation is 1. The van der Waals surface area contributed by atoms with E-state index in [-0.39, 0.29) is 22.8 Å². The van der Waals surface area contributed by atoms with E-state index < -0.39 is 22.0 Å². The maximum atomic E-state index is 13.4. The quantitative estimate of drug-likeness (QED) is 0.534. The fourth-order valence-corrected chi connectivity index (χ4v) is 5.60. The molecule has 0 saturated carbocycles. The molecule has 3 aromatic carbocycles. The molecule has 3 amide bonds. The van der Waals surface area contributed by atoms with Gasteiger partial charge in [-0.05, 0) is 49.1 Å². The predicted octanol–water partition coefficient (Wildman–Crippen LogP) is 4.17. The van der Waals surface area contributed by atoms with Gasteiger partial charge in [0.15, 0.2) is 0 Å². The Bertz CT molecular complexity index is 1310. The van der Waals surface area contributed by atoms with Crippen molar-refractivity contribution in [2.45, 2.75) is 23.3 Å². The van der Waals surface area contributed by atoms with E-state index in [2.05, 4.69) is 5.32 Å². The number of carbonyl (C=O) groups excluding carboxylic acids is 2. The van der Waals surface area contributed by atoms with Gasteiger partial charge >= 0.3 is 6.03 Å². The van der Waals surface area contributed by atoms with Gasteiger partial charge in [0, 0.05) is 11.4 Å². The summed E-state index contributed by atoms with van der Waals surface area (Å²) < 4.78 is 27.5. The van der Waals surface area contributed by atoms with Crippen LogP contribution in [0.3, 0.4) is 0 Å². The zero-order chi connectivity index (χ0) is 23.6. The summed E-state index contributed by atoms with van der Waals surface area (Å²) >= 11 is 1.44. The van der Waals surface area contributed by atoms with Gasteiger partial charge in [0.05, 0.1) is 11.4 Å². The van der Waals surface area contributed by atoms with Gasteiger partial charge < -0.3 is 5.32 Å². The third-order valence-corrected chi connectivity index (χ3v) is 7.75. The molecule has 0 fully saturated rings. The van der Waals surface area contributed by atoms with Crippen molar-refractivity contribution in [1.29, 1.82) is 0 Å². The van der Waals surface area contributed by atoms with E-state index in [0.717, 1.165) is 20.3 Å². The number of para-hydroxylation sites is 1. The zero-order valence-electron chi connectivity index (χ0n) is 18.2. The highest BCUT2D eigenvalue weighted by Gasteiger charge is 2.43. The van der Waals surface area contributed by atoms with Crippen LogP contribution in [0.5, 0.6) is 0 Å². The lowest BCUT2D eigenvalue weighted by Gasteiger charge is -2.35. The molecule has 0 aliphatic carbocycles. The highest BCUT2D eigenvalue weighted by atomic mass is 32.2. The Morgan fingerprint density at radius 1 is 1.00 bits per heavy atom. The van der Waals surface area contributed by atoms with E-state index in [0.29, 0.717) is 6.54 Å². The van der Waals surface area contributed by atoms with Crippen LogP contribution in [0.2, 0.25) is 0 Å². The van der Waals surface area contributed by atoms with Crippen LogP contribution < -0.4 is 14.5 Å². The molecule has 1 aliphatic heterocycles. The Balaban J connectivity index is 1.64. The molecule has 33 heavy (non-hydrogen) atoms. The molecule has 0 bridgehead atoms. The van der Waals surface area contributed by atoms with Crippen molar-refractivity contribution in [3.8, 4) is 0 Å². The molecule has 1 aliphatic rings. The van der Waals surface area contributed by atoms with Gasteiger partial charge in [0.25, 0.3) is 10.0 Å². The smallest absolute Gasteiger partial charge is 0.343 e. The van der Waals surface area contributed by atoms with Gasteiger partial charge in [-0.2, -0.15) is 4.31 Å². The largest absolute Gasteiger partial charge is 0.350 e. The minimum absolute atomic E-state index is 0.0227. The average molecular weight is 482 g/mol. The van der Waals surface area contributed by atoms with Crippen LogP contribution in [0.25, 0.3) is 0 Å². The minimum Gasteiger partial charge on any atom is -0.350 e. The monoisotopic (exact) mass is 481 g/mol. The molecule has 0 atom stereocenters. The molecule has 1 N–H and O–H groups in total. The first-order valence-electron chi connectivity index (χ1n) is 10.2. The molecule has 170 valence electrons. The molecule has 0 aromatic heterocycles. The summed E-state index contributed by atoms with van der Waals surface area (Å²) in [4.78, 5) is 28.2. The first-order valence-corrected chi connectivity index (χ1v) is 12.9. The van der Waals surface area contributed by atoms with Gasteiger partial charge in [-0.25, -0.2) is 13.2 Å². The number of nitrogens with zero attached hydrogens (tertiary/aromatic N) is 2. The van der Waals surface area contributed by atoms with Crippen LogP contribution in [-0.2, 0) is 21.4 Å². The van der Waals surface area contributed by atoms with Gasteiger partial charge in [-0.15, -0.1) is 11.8 Å². The van der Waals surface area contributed by atoms with Gasteiger partial charge in [-0.3, -0.25) is 9.69 Å². The fraction of sp³-hybridized carbons (Fsp3) is 0.167.